The molecule has 6 rings (SSSR count). The van der Waals surface area contributed by atoms with Crippen molar-refractivity contribution in [1.29, 1.82) is 0 Å². The van der Waals surface area contributed by atoms with Gasteiger partial charge in [-0.25, -0.2) is 13.2 Å². The number of rotatable bonds is 6. The molecule has 1 saturated heterocycles. The lowest BCUT2D eigenvalue weighted by Gasteiger charge is -2.53. The molecule has 0 radical (unpaired) electrons. The molecule has 0 spiro atoms. The van der Waals surface area contributed by atoms with E-state index in [4.69, 9.17) is 0 Å². The maximum absolute atomic E-state index is 14.1. The van der Waals surface area contributed by atoms with Crippen LogP contribution in [0.5, 0.6) is 0 Å². The fourth-order valence-electron chi connectivity index (χ4n) is 8.40. The maximum Gasteiger partial charge on any atom is 0.168 e. The van der Waals surface area contributed by atoms with E-state index in [-0.39, 0.29) is 17.3 Å². The summed E-state index contributed by atoms with van der Waals surface area (Å²) in [6, 6.07) is 4.94. The summed E-state index contributed by atoms with van der Waals surface area (Å²) in [5.74, 6) is 0.899. The third kappa shape index (κ3) is 4.83. The molecule has 206 valence electrons. The number of anilines is 1. The van der Waals surface area contributed by atoms with Gasteiger partial charge < -0.3 is 10.4 Å². The Morgan fingerprint density at radius 3 is 2.45 bits per heavy atom. The van der Waals surface area contributed by atoms with Gasteiger partial charge in [-0.15, -0.1) is 10.2 Å². The minimum Gasteiger partial charge on any atom is -0.388 e. The van der Waals surface area contributed by atoms with Crippen LogP contribution in [0.3, 0.4) is 0 Å². The molecule has 6 unspecified atom stereocenters. The lowest BCUT2D eigenvalue weighted by Crippen LogP contribution is -2.57. The van der Waals surface area contributed by atoms with Crippen molar-refractivity contribution in [3.05, 3.63) is 41.7 Å². The van der Waals surface area contributed by atoms with E-state index in [0.717, 1.165) is 56.8 Å². The summed E-state index contributed by atoms with van der Waals surface area (Å²) >= 11 is 0. The molecule has 8 heteroatoms. The maximum atomic E-state index is 14.1. The molecule has 5 nitrogen and oxygen atoms in total. The molecule has 1 aromatic carbocycles. The Balaban J connectivity index is 1.04. The highest BCUT2D eigenvalue weighted by Crippen LogP contribution is 2.51. The summed E-state index contributed by atoms with van der Waals surface area (Å²) in [5.41, 5.74) is -0.711. The van der Waals surface area contributed by atoms with E-state index in [2.05, 4.69) is 34.3 Å². The predicted molar refractivity (Wildman–Crippen MR) is 141 cm³/mol. The van der Waals surface area contributed by atoms with Crippen LogP contribution in [0.15, 0.2) is 24.3 Å². The van der Waals surface area contributed by atoms with Crippen LogP contribution in [-0.2, 0) is 0 Å². The number of aliphatic hydroxyl groups is 1. The van der Waals surface area contributed by atoms with Crippen molar-refractivity contribution in [3.8, 4) is 11.3 Å². The predicted octanol–water partition coefficient (Wildman–Crippen LogP) is 5.90. The van der Waals surface area contributed by atoms with Crippen LogP contribution in [0.25, 0.3) is 11.3 Å². The summed E-state index contributed by atoms with van der Waals surface area (Å²) in [6.07, 6.45) is 8.19. The third-order valence-electron chi connectivity index (χ3n) is 10.3. The molecule has 2 N–H and O–H groups in total. The number of nitrogens with zero attached hydrogens (tertiary/aromatic N) is 3. The Morgan fingerprint density at radius 2 is 1.76 bits per heavy atom. The molecule has 1 aliphatic heterocycles. The molecule has 3 aliphatic carbocycles. The monoisotopic (exact) mass is 528 g/mol. The van der Waals surface area contributed by atoms with Gasteiger partial charge >= 0.3 is 0 Å². The van der Waals surface area contributed by atoms with E-state index in [1.165, 1.54) is 31.7 Å². The zero-order valence-electron chi connectivity index (χ0n) is 22.3. The zero-order chi connectivity index (χ0) is 26.6. The van der Waals surface area contributed by atoms with E-state index in [9.17, 15) is 18.3 Å². The summed E-state index contributed by atoms with van der Waals surface area (Å²) in [7, 11) is 0. The van der Waals surface area contributed by atoms with Crippen LogP contribution >= 0.6 is 0 Å². The number of fused-ring (bicyclic) bond motifs is 3. The van der Waals surface area contributed by atoms with Crippen molar-refractivity contribution in [3.63, 3.8) is 0 Å². The fraction of sp³-hybridized carbons (Fsp3) is 0.667. The molecular formula is C30H39F3N4O. The van der Waals surface area contributed by atoms with E-state index >= 15 is 0 Å². The van der Waals surface area contributed by atoms with Gasteiger partial charge in [-0.1, -0.05) is 20.3 Å². The number of hydrogen-bond donors (Lipinski definition) is 2. The number of β-amino-alcohol motifs (C(OH)–C–C–N with tert-alkyl or cyclic N) is 1. The SMILES string of the molecule is CCC1CC2CC(C)C(O)(CN3C[C@H]4CC(Nc5ccc(-c6cc(F)cc(F)c6F)nn5)C[C@H]4C3)C(C1)C2. The average molecular weight is 529 g/mol. The highest BCUT2D eigenvalue weighted by Gasteiger charge is 2.52. The van der Waals surface area contributed by atoms with E-state index < -0.39 is 23.1 Å². The normalized spacial score (nSPS) is 36.8. The van der Waals surface area contributed by atoms with Gasteiger partial charge in [-0.05, 0) is 92.2 Å². The summed E-state index contributed by atoms with van der Waals surface area (Å²) in [5, 5.41) is 23.6. The van der Waals surface area contributed by atoms with Crippen molar-refractivity contribution in [2.75, 3.05) is 25.0 Å². The summed E-state index contributed by atoms with van der Waals surface area (Å²) in [6.45, 7) is 7.43. The number of hydrogen-bond acceptors (Lipinski definition) is 5. The van der Waals surface area contributed by atoms with Crippen LogP contribution in [0.4, 0.5) is 19.0 Å². The highest BCUT2D eigenvalue weighted by atomic mass is 19.2. The first kappa shape index (κ1) is 26.1. The van der Waals surface area contributed by atoms with Gasteiger partial charge in [0.25, 0.3) is 0 Å². The second kappa shape index (κ2) is 10.1. The number of nitrogens with one attached hydrogen (secondary N) is 1. The van der Waals surface area contributed by atoms with Crippen molar-refractivity contribution in [1.82, 2.24) is 15.1 Å². The minimum atomic E-state index is -1.24. The topological polar surface area (TPSA) is 61.3 Å². The standard InChI is InChI=1S/C30H39F3N4O/c1-3-18-7-19-6-17(2)30(38,22(8-18)9-19)16-37-14-20-10-24(11-21(20)15-37)34-28-5-4-27(35-36-28)25-12-23(31)13-26(32)29(25)33/h4-5,12-13,17-22,24,38H,3,6-11,14-16H2,1-2H3,(H,34,36)/t17?,18?,19?,20-,21+,22?,24?,30?. The van der Waals surface area contributed by atoms with Gasteiger partial charge in [-0.2, -0.15) is 0 Å². The molecule has 1 aromatic heterocycles. The smallest absolute Gasteiger partial charge is 0.168 e. The van der Waals surface area contributed by atoms with Gasteiger partial charge in [0.15, 0.2) is 11.6 Å². The first-order valence-electron chi connectivity index (χ1n) is 14.4. The Morgan fingerprint density at radius 1 is 1.00 bits per heavy atom. The molecule has 4 fully saturated rings. The average Bonchev–Trinajstić information content (AvgIpc) is 3.43. The van der Waals surface area contributed by atoms with Crippen molar-refractivity contribution >= 4 is 5.82 Å². The molecule has 4 aliphatic rings. The van der Waals surface area contributed by atoms with E-state index in [0.29, 0.717) is 35.6 Å². The number of likely N-dealkylation sites (tertiary alicyclic amines) is 1. The van der Waals surface area contributed by atoms with Crippen LogP contribution in [-0.4, -0.2) is 51.5 Å². The van der Waals surface area contributed by atoms with E-state index in [1.807, 2.05) is 0 Å². The Hall–Kier alpha value is -2.19. The highest BCUT2D eigenvalue weighted by molar-refractivity contribution is 5.60. The van der Waals surface area contributed by atoms with Crippen molar-refractivity contribution in [2.45, 2.75) is 70.4 Å². The van der Waals surface area contributed by atoms with Crippen LogP contribution in [0.1, 0.15) is 58.8 Å². The molecule has 2 bridgehead atoms. The molecule has 2 heterocycles. The third-order valence-corrected chi connectivity index (χ3v) is 10.3. The molecule has 8 atom stereocenters. The van der Waals surface area contributed by atoms with Crippen molar-refractivity contribution in [2.24, 2.45) is 35.5 Å². The molecular weight excluding hydrogens is 489 g/mol. The lowest BCUT2D eigenvalue weighted by atomic mass is 9.57. The Bertz CT molecular complexity index is 1150. The van der Waals surface area contributed by atoms with Gasteiger partial charge in [0.1, 0.15) is 11.6 Å². The first-order chi connectivity index (χ1) is 18.2. The fourth-order valence-corrected chi connectivity index (χ4v) is 8.40. The number of aromatic nitrogens is 2. The van der Waals surface area contributed by atoms with Gasteiger partial charge in [-0.3, -0.25) is 4.90 Å². The van der Waals surface area contributed by atoms with Gasteiger partial charge in [0, 0.05) is 37.3 Å². The Kier molecular flexibility index (Phi) is 6.92. The van der Waals surface area contributed by atoms with Gasteiger partial charge in [0.2, 0.25) is 0 Å². The second-order valence-corrected chi connectivity index (χ2v) is 12.8. The number of halogens is 3. The number of benzene rings is 1. The van der Waals surface area contributed by atoms with Crippen LogP contribution in [0.2, 0.25) is 0 Å². The van der Waals surface area contributed by atoms with Crippen molar-refractivity contribution < 1.29 is 18.3 Å². The quantitative estimate of drug-likeness (QED) is 0.458. The molecule has 2 aromatic rings. The zero-order valence-corrected chi connectivity index (χ0v) is 22.3. The largest absolute Gasteiger partial charge is 0.388 e. The summed E-state index contributed by atoms with van der Waals surface area (Å²) < 4.78 is 41.2. The molecule has 3 saturated carbocycles. The van der Waals surface area contributed by atoms with Crippen LogP contribution in [0, 0.1) is 53.0 Å². The Labute approximate surface area is 223 Å². The van der Waals surface area contributed by atoms with E-state index in [1.54, 1.807) is 6.07 Å². The van der Waals surface area contributed by atoms with Gasteiger partial charge in [0.05, 0.1) is 11.3 Å². The molecule has 38 heavy (non-hydrogen) atoms. The molecule has 0 amide bonds. The first-order valence-corrected chi connectivity index (χ1v) is 14.4. The second-order valence-electron chi connectivity index (χ2n) is 12.8. The summed E-state index contributed by atoms with van der Waals surface area (Å²) in [4.78, 5) is 2.53. The lowest BCUT2D eigenvalue weighted by molar-refractivity contribution is -0.139. The minimum absolute atomic E-state index is 0.0924. The van der Waals surface area contributed by atoms with Crippen LogP contribution < -0.4 is 5.32 Å².